The third-order valence-corrected chi connectivity index (χ3v) is 5.58. The molecule has 6 N–H and O–H groups in total. The third-order valence-electron chi connectivity index (χ3n) is 5.58. The highest BCUT2D eigenvalue weighted by Gasteiger charge is 2.45. The van der Waals surface area contributed by atoms with E-state index in [4.69, 9.17) is 18.9 Å². The molecule has 0 saturated carbocycles. The van der Waals surface area contributed by atoms with Gasteiger partial charge in [-0.1, -0.05) is 39.0 Å². The highest BCUT2D eigenvalue weighted by molar-refractivity contribution is 4.89. The highest BCUT2D eigenvalue weighted by Crippen LogP contribution is 2.25. The van der Waals surface area contributed by atoms with Gasteiger partial charge in [-0.2, -0.15) is 0 Å². The van der Waals surface area contributed by atoms with Crippen molar-refractivity contribution in [2.45, 2.75) is 107 Å². The predicted octanol–water partition coefficient (Wildman–Crippen LogP) is -0.983. The van der Waals surface area contributed by atoms with E-state index in [0.717, 1.165) is 19.3 Å². The quantitative estimate of drug-likeness (QED) is 0.209. The fourth-order valence-electron chi connectivity index (χ4n) is 3.65. The van der Waals surface area contributed by atoms with Gasteiger partial charge in [0.1, 0.15) is 30.5 Å². The molecule has 10 nitrogen and oxygen atoms in total. The maximum atomic E-state index is 10.1. The molecule has 30 heavy (non-hydrogen) atoms. The normalized spacial score (nSPS) is 39.9. The molecule has 10 heteroatoms. The Labute approximate surface area is 177 Å². The van der Waals surface area contributed by atoms with Crippen LogP contribution in [0.2, 0.25) is 0 Å². The van der Waals surface area contributed by atoms with E-state index in [0.29, 0.717) is 6.61 Å². The van der Waals surface area contributed by atoms with Crippen molar-refractivity contribution in [1.82, 2.24) is 0 Å². The number of hydrogen-bond acceptors (Lipinski definition) is 10. The maximum Gasteiger partial charge on any atom is 0.186 e. The lowest BCUT2D eigenvalue weighted by molar-refractivity contribution is -0.318. The predicted molar refractivity (Wildman–Crippen MR) is 104 cm³/mol. The Morgan fingerprint density at radius 1 is 0.767 bits per heavy atom. The van der Waals surface area contributed by atoms with Crippen LogP contribution in [-0.4, -0.2) is 106 Å². The van der Waals surface area contributed by atoms with Crippen molar-refractivity contribution in [2.24, 2.45) is 0 Å². The summed E-state index contributed by atoms with van der Waals surface area (Å²) in [5, 5.41) is 59.1. The maximum absolute atomic E-state index is 10.1. The van der Waals surface area contributed by atoms with E-state index in [1.165, 1.54) is 19.3 Å². The van der Waals surface area contributed by atoms with Crippen LogP contribution in [-0.2, 0) is 18.9 Å². The van der Waals surface area contributed by atoms with E-state index in [9.17, 15) is 30.6 Å². The first-order valence-electron chi connectivity index (χ1n) is 10.9. The lowest BCUT2D eigenvalue weighted by Gasteiger charge is -2.41. The summed E-state index contributed by atoms with van der Waals surface area (Å²) < 4.78 is 22.0. The van der Waals surface area contributed by atoms with Crippen molar-refractivity contribution in [3.63, 3.8) is 0 Å². The monoisotopic (exact) mass is 438 g/mol. The Kier molecular flexibility index (Phi) is 11.4. The minimum atomic E-state index is -1.53. The van der Waals surface area contributed by atoms with Crippen LogP contribution in [0, 0.1) is 0 Å². The average Bonchev–Trinajstić information content (AvgIpc) is 2.74. The van der Waals surface area contributed by atoms with Gasteiger partial charge in [0.25, 0.3) is 0 Å². The Morgan fingerprint density at radius 3 is 2.13 bits per heavy atom. The molecular weight excluding hydrogens is 400 g/mol. The van der Waals surface area contributed by atoms with Crippen LogP contribution in [0.25, 0.3) is 0 Å². The molecule has 0 unspecified atom stereocenters. The van der Waals surface area contributed by atoms with E-state index in [1.807, 2.05) is 0 Å². The molecule has 0 amide bonds. The Morgan fingerprint density at radius 2 is 1.43 bits per heavy atom. The molecule has 0 aromatic rings. The van der Waals surface area contributed by atoms with Crippen molar-refractivity contribution in [3.05, 3.63) is 0 Å². The number of aliphatic hydroxyl groups is 6. The molecule has 2 rings (SSSR count). The van der Waals surface area contributed by atoms with E-state index in [-0.39, 0.29) is 13.0 Å². The van der Waals surface area contributed by atoms with Crippen LogP contribution < -0.4 is 0 Å². The molecule has 2 fully saturated rings. The Bertz CT molecular complexity index is 465. The van der Waals surface area contributed by atoms with Gasteiger partial charge in [-0.15, -0.1) is 0 Å². The zero-order chi connectivity index (χ0) is 22.1. The third kappa shape index (κ3) is 7.33. The van der Waals surface area contributed by atoms with Gasteiger partial charge in [0.2, 0.25) is 0 Å². The summed E-state index contributed by atoms with van der Waals surface area (Å²) in [7, 11) is 0. The van der Waals surface area contributed by atoms with E-state index in [1.54, 1.807) is 0 Å². The van der Waals surface area contributed by atoms with E-state index < -0.39 is 61.9 Å². The average molecular weight is 439 g/mol. The molecule has 0 radical (unpaired) electrons. The summed E-state index contributed by atoms with van der Waals surface area (Å²) in [5.41, 5.74) is 0. The van der Waals surface area contributed by atoms with Crippen molar-refractivity contribution in [2.75, 3.05) is 19.8 Å². The lowest BCUT2D eigenvalue weighted by Crippen LogP contribution is -2.59. The minimum Gasteiger partial charge on any atom is -0.394 e. The second kappa shape index (κ2) is 13.2. The molecule has 178 valence electrons. The Balaban J connectivity index is 1.76. The molecule has 2 aliphatic rings. The van der Waals surface area contributed by atoms with Gasteiger partial charge >= 0.3 is 0 Å². The molecular formula is C20H38O10. The van der Waals surface area contributed by atoms with Gasteiger partial charge in [0, 0.05) is 13.0 Å². The molecule has 9 atom stereocenters. The number of ether oxygens (including phenoxy) is 4. The van der Waals surface area contributed by atoms with Gasteiger partial charge < -0.3 is 49.6 Å². The van der Waals surface area contributed by atoms with Crippen LogP contribution in [0.15, 0.2) is 0 Å². The summed E-state index contributed by atoms with van der Waals surface area (Å²) in [6.07, 6.45) is -4.05. The van der Waals surface area contributed by atoms with Gasteiger partial charge in [-0.05, 0) is 6.42 Å². The standard InChI is InChI=1S/C20H38O10/c1-2-3-4-5-6-7-8-27-19-15(23)13(22)9-12(29-19)11-28-20-18(26)17(25)16(24)14(10-21)30-20/h12-26H,2-11H2,1H3/t12-,13-,14+,15-,16+,17-,18-,19-,20-/m0/s1. The molecule has 2 saturated heterocycles. The van der Waals surface area contributed by atoms with Crippen molar-refractivity contribution in [1.29, 1.82) is 0 Å². The van der Waals surface area contributed by atoms with Crippen molar-refractivity contribution < 1.29 is 49.6 Å². The number of unbranched alkanes of at least 4 members (excludes halogenated alkanes) is 5. The van der Waals surface area contributed by atoms with Crippen LogP contribution in [0.4, 0.5) is 0 Å². The first-order chi connectivity index (χ1) is 14.4. The summed E-state index contributed by atoms with van der Waals surface area (Å²) in [5.74, 6) is 0. The first kappa shape index (κ1) is 25.9. The van der Waals surface area contributed by atoms with Crippen LogP contribution in [0.5, 0.6) is 0 Å². The first-order valence-corrected chi connectivity index (χ1v) is 10.9. The van der Waals surface area contributed by atoms with Crippen molar-refractivity contribution in [3.8, 4) is 0 Å². The summed E-state index contributed by atoms with van der Waals surface area (Å²) >= 11 is 0. The Hall–Kier alpha value is -0.400. The second-order valence-corrected chi connectivity index (χ2v) is 8.09. The fraction of sp³-hybridized carbons (Fsp3) is 1.00. The lowest BCUT2D eigenvalue weighted by atomic mass is 9.99. The van der Waals surface area contributed by atoms with Crippen molar-refractivity contribution >= 4 is 0 Å². The molecule has 0 aliphatic carbocycles. The summed E-state index contributed by atoms with van der Waals surface area (Å²) in [4.78, 5) is 0. The van der Waals surface area contributed by atoms with E-state index in [2.05, 4.69) is 6.92 Å². The molecule has 2 aliphatic heterocycles. The van der Waals surface area contributed by atoms with Gasteiger partial charge in [-0.3, -0.25) is 0 Å². The smallest absolute Gasteiger partial charge is 0.186 e. The molecule has 0 spiro atoms. The van der Waals surface area contributed by atoms with Crippen LogP contribution >= 0.6 is 0 Å². The van der Waals surface area contributed by atoms with Gasteiger partial charge in [0.05, 0.1) is 25.4 Å². The zero-order valence-electron chi connectivity index (χ0n) is 17.6. The fourth-order valence-corrected chi connectivity index (χ4v) is 3.65. The largest absolute Gasteiger partial charge is 0.394 e. The second-order valence-electron chi connectivity index (χ2n) is 8.09. The molecule has 0 aromatic heterocycles. The van der Waals surface area contributed by atoms with Gasteiger partial charge in [-0.25, -0.2) is 0 Å². The number of aliphatic hydroxyl groups excluding tert-OH is 6. The van der Waals surface area contributed by atoms with Crippen LogP contribution in [0.3, 0.4) is 0 Å². The van der Waals surface area contributed by atoms with Crippen LogP contribution in [0.1, 0.15) is 51.9 Å². The SMILES string of the molecule is CCCCCCCCO[C@H]1O[C@H](CO[C@H]2O[C@H](CO)[C@@H](O)[C@H](O)[C@@H]2O)C[C@H](O)[C@@H]1O. The number of rotatable bonds is 12. The summed E-state index contributed by atoms with van der Waals surface area (Å²) in [6.45, 7) is 1.90. The summed E-state index contributed by atoms with van der Waals surface area (Å²) in [6, 6.07) is 0. The highest BCUT2D eigenvalue weighted by atomic mass is 16.7. The molecule has 2 heterocycles. The minimum absolute atomic E-state index is 0.0927. The number of hydrogen-bond donors (Lipinski definition) is 6. The molecule has 0 aromatic carbocycles. The van der Waals surface area contributed by atoms with Gasteiger partial charge in [0.15, 0.2) is 12.6 Å². The molecule has 0 bridgehead atoms. The van der Waals surface area contributed by atoms with E-state index >= 15 is 0 Å². The topological polar surface area (TPSA) is 158 Å². The zero-order valence-corrected chi connectivity index (χ0v) is 17.6.